The standard InChI is InChI=1S/C16H21NO3/c1-11-7-12(2)9-13(8-11)16(20)17(10-15(18)19)14-5-3-4-6-14/h7-9,14H,3-6,10H2,1-2H3,(H,18,19). The van der Waals surface area contributed by atoms with Crippen molar-refractivity contribution in [2.45, 2.75) is 45.6 Å². The monoisotopic (exact) mass is 275 g/mol. The summed E-state index contributed by atoms with van der Waals surface area (Å²) in [5.41, 5.74) is 2.64. The van der Waals surface area contributed by atoms with E-state index in [0.29, 0.717) is 5.56 Å². The predicted octanol–water partition coefficient (Wildman–Crippen LogP) is 2.77. The Morgan fingerprint density at radius 1 is 1.15 bits per heavy atom. The quantitative estimate of drug-likeness (QED) is 0.919. The average molecular weight is 275 g/mol. The SMILES string of the molecule is Cc1cc(C)cc(C(=O)N(CC(=O)O)C2CCCC2)c1. The number of hydrogen-bond acceptors (Lipinski definition) is 2. The molecule has 4 nitrogen and oxygen atoms in total. The normalized spacial score (nSPS) is 15.3. The van der Waals surface area contributed by atoms with Crippen LogP contribution in [0, 0.1) is 13.8 Å². The molecule has 1 N–H and O–H groups in total. The lowest BCUT2D eigenvalue weighted by Gasteiger charge is -2.27. The molecule has 1 saturated carbocycles. The van der Waals surface area contributed by atoms with E-state index in [1.165, 1.54) is 4.90 Å². The Labute approximate surface area is 119 Å². The first-order valence-corrected chi connectivity index (χ1v) is 7.08. The molecule has 20 heavy (non-hydrogen) atoms. The van der Waals surface area contributed by atoms with Crippen LogP contribution in [0.3, 0.4) is 0 Å². The molecule has 0 atom stereocenters. The lowest BCUT2D eigenvalue weighted by atomic mass is 10.1. The van der Waals surface area contributed by atoms with Crippen molar-refractivity contribution in [1.82, 2.24) is 4.90 Å². The van der Waals surface area contributed by atoms with Crippen molar-refractivity contribution < 1.29 is 14.7 Å². The van der Waals surface area contributed by atoms with E-state index in [1.807, 2.05) is 32.0 Å². The summed E-state index contributed by atoms with van der Waals surface area (Å²) in [7, 11) is 0. The summed E-state index contributed by atoms with van der Waals surface area (Å²) in [5, 5.41) is 9.06. The van der Waals surface area contributed by atoms with Crippen LogP contribution in [0.2, 0.25) is 0 Å². The third-order valence-electron chi connectivity index (χ3n) is 3.80. The minimum absolute atomic E-state index is 0.0689. The van der Waals surface area contributed by atoms with Gasteiger partial charge in [-0.1, -0.05) is 30.0 Å². The van der Waals surface area contributed by atoms with Crippen molar-refractivity contribution in [1.29, 1.82) is 0 Å². The number of aliphatic carboxylic acids is 1. The molecule has 0 heterocycles. The maximum atomic E-state index is 12.6. The number of aryl methyl sites for hydroxylation is 2. The highest BCUT2D eigenvalue weighted by atomic mass is 16.4. The van der Waals surface area contributed by atoms with Crippen LogP contribution in [0.25, 0.3) is 0 Å². The molecule has 0 aliphatic heterocycles. The Bertz CT molecular complexity index is 498. The smallest absolute Gasteiger partial charge is 0.323 e. The van der Waals surface area contributed by atoms with Crippen LogP contribution in [0.15, 0.2) is 18.2 Å². The molecule has 4 heteroatoms. The van der Waals surface area contributed by atoms with Gasteiger partial charge in [-0.05, 0) is 38.8 Å². The van der Waals surface area contributed by atoms with Crippen molar-refractivity contribution in [2.75, 3.05) is 6.54 Å². The second kappa shape index (κ2) is 6.07. The maximum absolute atomic E-state index is 12.6. The Morgan fingerprint density at radius 3 is 2.20 bits per heavy atom. The summed E-state index contributed by atoms with van der Waals surface area (Å²) >= 11 is 0. The second-order valence-corrected chi connectivity index (χ2v) is 5.64. The van der Waals surface area contributed by atoms with Crippen LogP contribution < -0.4 is 0 Å². The van der Waals surface area contributed by atoms with Gasteiger partial charge in [0.15, 0.2) is 0 Å². The molecule has 1 aromatic rings. The van der Waals surface area contributed by atoms with E-state index in [2.05, 4.69) is 0 Å². The van der Waals surface area contributed by atoms with Crippen LogP contribution in [0.1, 0.15) is 47.2 Å². The summed E-state index contributed by atoms with van der Waals surface area (Å²) in [6, 6.07) is 5.74. The van der Waals surface area contributed by atoms with Crippen LogP contribution in [0.4, 0.5) is 0 Å². The first-order valence-electron chi connectivity index (χ1n) is 7.08. The van der Waals surface area contributed by atoms with E-state index in [9.17, 15) is 9.59 Å². The average Bonchev–Trinajstić information content (AvgIpc) is 2.87. The number of hydrogen-bond donors (Lipinski definition) is 1. The number of carbonyl (C=O) groups is 2. The van der Waals surface area contributed by atoms with E-state index in [1.54, 1.807) is 0 Å². The van der Waals surface area contributed by atoms with Gasteiger partial charge in [-0.3, -0.25) is 9.59 Å². The summed E-state index contributed by atoms with van der Waals surface area (Å²) in [5.74, 6) is -1.11. The summed E-state index contributed by atoms with van der Waals surface area (Å²) in [4.78, 5) is 25.2. The fourth-order valence-corrected chi connectivity index (χ4v) is 2.99. The third kappa shape index (κ3) is 3.38. The van der Waals surface area contributed by atoms with Gasteiger partial charge in [0.05, 0.1) is 0 Å². The molecule has 1 amide bonds. The number of carboxylic acid groups (broad SMARTS) is 1. The first kappa shape index (κ1) is 14.6. The van der Waals surface area contributed by atoms with Crippen molar-refractivity contribution >= 4 is 11.9 Å². The van der Waals surface area contributed by atoms with Gasteiger partial charge in [-0.15, -0.1) is 0 Å². The van der Waals surface area contributed by atoms with Gasteiger partial charge in [0, 0.05) is 11.6 Å². The molecule has 1 aromatic carbocycles. The highest BCUT2D eigenvalue weighted by Crippen LogP contribution is 2.25. The number of rotatable bonds is 4. The zero-order chi connectivity index (χ0) is 14.7. The number of carboxylic acids is 1. The molecule has 108 valence electrons. The molecule has 1 fully saturated rings. The number of carbonyl (C=O) groups excluding carboxylic acids is 1. The summed E-state index contributed by atoms with van der Waals surface area (Å²) in [6.45, 7) is 3.68. The van der Waals surface area contributed by atoms with Crippen LogP contribution in [-0.2, 0) is 4.79 Å². The number of benzene rings is 1. The zero-order valence-corrected chi connectivity index (χ0v) is 12.1. The summed E-state index contributed by atoms with van der Waals surface area (Å²) < 4.78 is 0. The zero-order valence-electron chi connectivity index (χ0n) is 12.1. The van der Waals surface area contributed by atoms with Crippen molar-refractivity contribution in [3.05, 3.63) is 34.9 Å². The molecule has 0 aromatic heterocycles. The van der Waals surface area contributed by atoms with Gasteiger partial charge >= 0.3 is 5.97 Å². The van der Waals surface area contributed by atoms with Crippen LogP contribution in [0.5, 0.6) is 0 Å². The second-order valence-electron chi connectivity index (χ2n) is 5.64. The van der Waals surface area contributed by atoms with E-state index in [-0.39, 0.29) is 18.5 Å². The molecule has 2 rings (SSSR count). The van der Waals surface area contributed by atoms with E-state index in [4.69, 9.17) is 5.11 Å². The van der Waals surface area contributed by atoms with Crippen LogP contribution in [-0.4, -0.2) is 34.5 Å². The molecule has 0 bridgehead atoms. The number of amides is 1. The fourth-order valence-electron chi connectivity index (χ4n) is 2.99. The molecule has 0 unspecified atom stereocenters. The van der Waals surface area contributed by atoms with E-state index in [0.717, 1.165) is 36.8 Å². The molecule has 0 spiro atoms. The van der Waals surface area contributed by atoms with Crippen LogP contribution >= 0.6 is 0 Å². The first-order chi connectivity index (χ1) is 9.47. The molecular formula is C16H21NO3. The highest BCUT2D eigenvalue weighted by Gasteiger charge is 2.29. The molecule has 1 aliphatic rings. The van der Waals surface area contributed by atoms with Crippen molar-refractivity contribution in [3.8, 4) is 0 Å². The molecular weight excluding hydrogens is 254 g/mol. The lowest BCUT2D eigenvalue weighted by molar-refractivity contribution is -0.138. The minimum Gasteiger partial charge on any atom is -0.480 e. The lowest BCUT2D eigenvalue weighted by Crippen LogP contribution is -2.42. The van der Waals surface area contributed by atoms with Gasteiger partial charge in [0.25, 0.3) is 5.91 Å². The number of nitrogens with zero attached hydrogens (tertiary/aromatic N) is 1. The van der Waals surface area contributed by atoms with E-state index < -0.39 is 5.97 Å². The van der Waals surface area contributed by atoms with Crippen molar-refractivity contribution in [3.63, 3.8) is 0 Å². The Hall–Kier alpha value is -1.84. The summed E-state index contributed by atoms with van der Waals surface area (Å²) in [6.07, 6.45) is 3.95. The van der Waals surface area contributed by atoms with Crippen molar-refractivity contribution in [2.24, 2.45) is 0 Å². The highest BCUT2D eigenvalue weighted by molar-refractivity contribution is 5.96. The Kier molecular flexibility index (Phi) is 4.42. The molecule has 1 aliphatic carbocycles. The molecule has 0 saturated heterocycles. The van der Waals surface area contributed by atoms with Gasteiger partial charge in [-0.2, -0.15) is 0 Å². The third-order valence-corrected chi connectivity index (χ3v) is 3.80. The van der Waals surface area contributed by atoms with Gasteiger partial charge in [0.1, 0.15) is 6.54 Å². The maximum Gasteiger partial charge on any atom is 0.323 e. The predicted molar refractivity (Wildman–Crippen MR) is 76.8 cm³/mol. The largest absolute Gasteiger partial charge is 0.480 e. The fraction of sp³-hybridized carbons (Fsp3) is 0.500. The Balaban J connectivity index is 2.26. The van der Waals surface area contributed by atoms with E-state index >= 15 is 0 Å². The Morgan fingerprint density at radius 2 is 1.70 bits per heavy atom. The van der Waals surface area contributed by atoms with Gasteiger partial charge < -0.3 is 10.0 Å². The van der Waals surface area contributed by atoms with Gasteiger partial charge in [-0.25, -0.2) is 0 Å². The van der Waals surface area contributed by atoms with Gasteiger partial charge in [0.2, 0.25) is 0 Å². The topological polar surface area (TPSA) is 57.6 Å². The molecule has 0 radical (unpaired) electrons. The minimum atomic E-state index is -0.949.